The highest BCUT2D eigenvalue weighted by molar-refractivity contribution is 5.96. The van der Waals surface area contributed by atoms with E-state index in [9.17, 15) is 15.0 Å². The lowest BCUT2D eigenvalue weighted by Gasteiger charge is -2.17. The molecule has 1 amide bonds. The molecule has 0 aromatic heterocycles. The van der Waals surface area contributed by atoms with Crippen LogP contribution in [0.15, 0.2) is 18.2 Å². The van der Waals surface area contributed by atoms with Crippen molar-refractivity contribution < 1.29 is 24.9 Å². The van der Waals surface area contributed by atoms with E-state index in [0.29, 0.717) is 23.7 Å². The quantitative estimate of drug-likeness (QED) is 0.468. The summed E-state index contributed by atoms with van der Waals surface area (Å²) < 4.78 is 5.37. The minimum absolute atomic E-state index is 0.115. The van der Waals surface area contributed by atoms with Crippen LogP contribution in [0.2, 0.25) is 0 Å². The van der Waals surface area contributed by atoms with E-state index in [1.807, 2.05) is 6.92 Å². The van der Waals surface area contributed by atoms with Crippen molar-refractivity contribution in [1.82, 2.24) is 0 Å². The molecule has 0 aliphatic rings. The number of anilines is 2. The summed E-state index contributed by atoms with van der Waals surface area (Å²) in [6, 6.07) is 5.00. The number of aliphatic hydroxyl groups excluding tert-OH is 3. The molecular formula is C14H22N2O5. The molecule has 0 aliphatic carbocycles. The number of rotatable bonds is 8. The molecule has 0 saturated heterocycles. The molecule has 0 heterocycles. The molecule has 5 N–H and O–H groups in total. The van der Waals surface area contributed by atoms with Crippen LogP contribution in [-0.4, -0.2) is 53.2 Å². The maximum absolute atomic E-state index is 11.6. The van der Waals surface area contributed by atoms with Gasteiger partial charge in [-0.1, -0.05) is 0 Å². The number of hydrogen-bond donors (Lipinski definition) is 5. The third-order valence-corrected chi connectivity index (χ3v) is 2.68. The van der Waals surface area contributed by atoms with Crippen molar-refractivity contribution in [3.63, 3.8) is 0 Å². The standard InChI is InChI=1S/C14H22N2O5/c1-3-21-11-4-5-12(16-14(20)9(2)18)13(6-11)15-7-10(19)8-17/h4-6,9-10,15,17-19H,3,7-8H2,1-2H3,(H,16,20). The third kappa shape index (κ3) is 5.58. The van der Waals surface area contributed by atoms with Crippen LogP contribution in [0.1, 0.15) is 13.8 Å². The second kappa shape index (κ2) is 8.46. The molecule has 2 atom stereocenters. The first kappa shape index (κ1) is 17.2. The van der Waals surface area contributed by atoms with Gasteiger partial charge in [-0.2, -0.15) is 0 Å². The average molecular weight is 298 g/mol. The van der Waals surface area contributed by atoms with Gasteiger partial charge in [-0.05, 0) is 26.0 Å². The van der Waals surface area contributed by atoms with Gasteiger partial charge in [-0.3, -0.25) is 4.79 Å². The van der Waals surface area contributed by atoms with Crippen LogP contribution in [0.3, 0.4) is 0 Å². The Labute approximate surface area is 123 Å². The molecule has 0 saturated carbocycles. The van der Waals surface area contributed by atoms with E-state index in [1.165, 1.54) is 6.92 Å². The van der Waals surface area contributed by atoms with Gasteiger partial charge in [0.05, 0.1) is 30.7 Å². The predicted octanol–water partition coefficient (Wildman–Crippen LogP) is 0.170. The Kier molecular flexibility index (Phi) is 6.93. The molecule has 1 aromatic carbocycles. The van der Waals surface area contributed by atoms with Gasteiger partial charge in [0.2, 0.25) is 0 Å². The maximum Gasteiger partial charge on any atom is 0.252 e. The molecule has 0 aliphatic heterocycles. The van der Waals surface area contributed by atoms with Crippen LogP contribution in [0, 0.1) is 0 Å². The van der Waals surface area contributed by atoms with Crippen molar-refractivity contribution in [3.05, 3.63) is 18.2 Å². The molecule has 0 radical (unpaired) electrons. The lowest BCUT2D eigenvalue weighted by atomic mass is 10.2. The van der Waals surface area contributed by atoms with Gasteiger partial charge in [-0.25, -0.2) is 0 Å². The van der Waals surface area contributed by atoms with Crippen molar-refractivity contribution in [2.75, 3.05) is 30.4 Å². The predicted molar refractivity (Wildman–Crippen MR) is 79.5 cm³/mol. The minimum atomic E-state index is -1.13. The van der Waals surface area contributed by atoms with Crippen molar-refractivity contribution in [2.45, 2.75) is 26.1 Å². The lowest BCUT2D eigenvalue weighted by Crippen LogP contribution is -2.26. The molecule has 118 valence electrons. The smallest absolute Gasteiger partial charge is 0.252 e. The molecule has 2 unspecified atom stereocenters. The minimum Gasteiger partial charge on any atom is -0.494 e. The molecule has 21 heavy (non-hydrogen) atoms. The Morgan fingerprint density at radius 2 is 2.05 bits per heavy atom. The highest BCUT2D eigenvalue weighted by atomic mass is 16.5. The van der Waals surface area contributed by atoms with Gasteiger partial charge in [0.25, 0.3) is 5.91 Å². The van der Waals surface area contributed by atoms with Gasteiger partial charge in [-0.15, -0.1) is 0 Å². The van der Waals surface area contributed by atoms with Crippen LogP contribution in [0.4, 0.5) is 11.4 Å². The highest BCUT2D eigenvalue weighted by Crippen LogP contribution is 2.27. The van der Waals surface area contributed by atoms with Crippen LogP contribution in [0.25, 0.3) is 0 Å². The fraction of sp³-hybridized carbons (Fsp3) is 0.500. The second-order valence-corrected chi connectivity index (χ2v) is 4.52. The number of nitrogens with one attached hydrogen (secondary N) is 2. The number of hydrogen-bond acceptors (Lipinski definition) is 6. The monoisotopic (exact) mass is 298 g/mol. The Morgan fingerprint density at radius 1 is 1.33 bits per heavy atom. The largest absolute Gasteiger partial charge is 0.494 e. The molecular weight excluding hydrogens is 276 g/mol. The van der Waals surface area contributed by atoms with Gasteiger partial charge >= 0.3 is 0 Å². The van der Waals surface area contributed by atoms with Crippen LogP contribution >= 0.6 is 0 Å². The van der Waals surface area contributed by atoms with Gasteiger partial charge < -0.3 is 30.7 Å². The summed E-state index contributed by atoms with van der Waals surface area (Å²) >= 11 is 0. The number of ether oxygens (including phenoxy) is 1. The first-order valence-electron chi connectivity index (χ1n) is 6.76. The third-order valence-electron chi connectivity index (χ3n) is 2.68. The molecule has 7 heteroatoms. The van der Waals surface area contributed by atoms with Gasteiger partial charge in [0.15, 0.2) is 0 Å². The summed E-state index contributed by atoms with van der Waals surface area (Å²) in [5.41, 5.74) is 0.983. The first-order valence-corrected chi connectivity index (χ1v) is 6.76. The van der Waals surface area contributed by atoms with Crippen molar-refractivity contribution >= 4 is 17.3 Å². The summed E-state index contributed by atoms with van der Waals surface area (Å²) in [6.07, 6.45) is -2.05. The van der Waals surface area contributed by atoms with Gasteiger partial charge in [0, 0.05) is 12.6 Å². The topological polar surface area (TPSA) is 111 Å². The Balaban J connectivity index is 2.90. The summed E-state index contributed by atoms with van der Waals surface area (Å²) in [7, 11) is 0. The van der Waals surface area contributed by atoms with E-state index >= 15 is 0 Å². The molecule has 0 fully saturated rings. The van der Waals surface area contributed by atoms with E-state index < -0.39 is 18.1 Å². The zero-order valence-electron chi connectivity index (χ0n) is 12.2. The molecule has 0 spiro atoms. The SMILES string of the molecule is CCOc1ccc(NC(=O)C(C)O)c(NCC(O)CO)c1. The van der Waals surface area contributed by atoms with E-state index in [2.05, 4.69) is 10.6 Å². The Bertz CT molecular complexity index is 465. The van der Waals surface area contributed by atoms with E-state index in [1.54, 1.807) is 18.2 Å². The van der Waals surface area contributed by atoms with E-state index in [-0.39, 0.29) is 13.2 Å². The number of aliphatic hydroxyl groups is 3. The van der Waals surface area contributed by atoms with Crippen molar-refractivity contribution in [3.8, 4) is 5.75 Å². The number of benzene rings is 1. The number of carbonyl (C=O) groups excluding carboxylic acids is 1. The van der Waals surface area contributed by atoms with Crippen molar-refractivity contribution in [2.24, 2.45) is 0 Å². The normalized spacial score (nSPS) is 13.4. The fourth-order valence-corrected chi connectivity index (χ4v) is 1.56. The highest BCUT2D eigenvalue weighted by Gasteiger charge is 2.13. The average Bonchev–Trinajstić information content (AvgIpc) is 2.46. The molecule has 1 rings (SSSR count). The van der Waals surface area contributed by atoms with E-state index in [0.717, 1.165) is 0 Å². The van der Waals surface area contributed by atoms with Crippen LogP contribution in [0.5, 0.6) is 5.75 Å². The maximum atomic E-state index is 11.6. The summed E-state index contributed by atoms with van der Waals surface area (Å²) in [4.78, 5) is 11.6. The zero-order valence-corrected chi connectivity index (χ0v) is 12.2. The lowest BCUT2D eigenvalue weighted by molar-refractivity contribution is -0.123. The van der Waals surface area contributed by atoms with E-state index in [4.69, 9.17) is 9.84 Å². The Hall–Kier alpha value is -1.83. The molecule has 7 nitrogen and oxygen atoms in total. The number of carbonyl (C=O) groups is 1. The van der Waals surface area contributed by atoms with Crippen molar-refractivity contribution in [1.29, 1.82) is 0 Å². The number of amides is 1. The Morgan fingerprint density at radius 3 is 2.62 bits per heavy atom. The molecule has 1 aromatic rings. The second-order valence-electron chi connectivity index (χ2n) is 4.52. The van der Waals surface area contributed by atoms with Crippen LogP contribution in [-0.2, 0) is 4.79 Å². The zero-order chi connectivity index (χ0) is 15.8. The molecule has 0 bridgehead atoms. The summed E-state index contributed by atoms with van der Waals surface area (Å²) in [5.74, 6) is 0.0680. The summed E-state index contributed by atoms with van der Waals surface area (Å²) in [6.45, 7) is 3.47. The van der Waals surface area contributed by atoms with Gasteiger partial charge in [0.1, 0.15) is 11.9 Å². The fourth-order valence-electron chi connectivity index (χ4n) is 1.56. The first-order chi connectivity index (χ1) is 9.97. The summed E-state index contributed by atoms with van der Waals surface area (Å²) in [5, 5.41) is 32.9. The van der Waals surface area contributed by atoms with Crippen LogP contribution < -0.4 is 15.4 Å².